The maximum Gasteiger partial charge on any atom is 2.00 e. The van der Waals surface area contributed by atoms with Crippen LogP contribution in [0, 0.1) is 10.8 Å². The SMILES string of the molecule is CC(C)(CO)[C@@H](O)C(=O)NCCC(=O)[O-].CC(C)(CO)[C@H](O)C(=O)NCCC(=O)[O-].[Ca+2]. The maximum absolute atomic E-state index is 11.2. The van der Waals surface area contributed by atoms with Gasteiger partial charge in [0.25, 0.3) is 0 Å². The Balaban J connectivity index is -0.000000490. The average Bonchev–Trinajstić information content (AvgIpc) is 2.66. The second kappa shape index (κ2) is 16.6. The quantitative estimate of drug-likeness (QED) is 0.147. The Hall–Kier alpha value is -1.02. The van der Waals surface area contributed by atoms with E-state index in [0.29, 0.717) is 0 Å². The standard InChI is InChI=1S/2C9H17NO5.Ca/c2*1-9(2,5-11)7(14)8(15)10-4-3-6(12)13;/h2*7,11,14H,3-5H2,1-2H3,(H,10,15)(H,12,13);/q;;+2/p-2/t2*7-;/m10./s1. The summed E-state index contributed by atoms with van der Waals surface area (Å²) in [6.07, 6.45) is -3.36. The minimum absolute atomic E-state index is 0. The molecule has 2 atom stereocenters. The summed E-state index contributed by atoms with van der Waals surface area (Å²) >= 11 is 0. The summed E-state index contributed by atoms with van der Waals surface area (Å²) in [4.78, 5) is 42.6. The third-order valence-corrected chi connectivity index (χ3v) is 4.05. The van der Waals surface area contributed by atoms with Gasteiger partial charge in [0.15, 0.2) is 0 Å². The van der Waals surface area contributed by atoms with Crippen LogP contribution in [0.5, 0.6) is 0 Å². The molecule has 6 N–H and O–H groups in total. The number of carboxylic acid groups (broad SMARTS) is 2. The Labute approximate surface area is 211 Å². The summed E-state index contributed by atoms with van der Waals surface area (Å²) in [6, 6.07) is 0. The molecule has 0 aliphatic carbocycles. The van der Waals surface area contributed by atoms with Crippen molar-refractivity contribution in [2.24, 2.45) is 10.8 Å². The van der Waals surface area contributed by atoms with Gasteiger partial charge in [-0.2, -0.15) is 0 Å². The fourth-order valence-corrected chi connectivity index (χ4v) is 1.65. The molecular weight excluding hydrogens is 444 g/mol. The Morgan fingerprint density at radius 3 is 1.19 bits per heavy atom. The van der Waals surface area contributed by atoms with Gasteiger partial charge >= 0.3 is 37.7 Å². The van der Waals surface area contributed by atoms with Gasteiger partial charge in [-0.15, -0.1) is 0 Å². The van der Waals surface area contributed by atoms with Crippen molar-refractivity contribution in [3.63, 3.8) is 0 Å². The number of nitrogens with one attached hydrogen (secondary N) is 2. The smallest absolute Gasteiger partial charge is 0.550 e. The van der Waals surface area contributed by atoms with Gasteiger partial charge in [-0.05, 0) is 0 Å². The van der Waals surface area contributed by atoms with Crippen LogP contribution in [0.25, 0.3) is 0 Å². The first-order valence-corrected chi connectivity index (χ1v) is 9.15. The van der Waals surface area contributed by atoms with Crippen LogP contribution < -0.4 is 20.8 Å². The number of aliphatic hydroxyl groups excluding tert-OH is 4. The summed E-state index contributed by atoms with van der Waals surface area (Å²) in [6.45, 7) is 5.21. The molecular formula is C18H32CaN2O10. The predicted molar refractivity (Wildman–Crippen MR) is 105 cm³/mol. The van der Waals surface area contributed by atoms with E-state index in [1.807, 2.05) is 0 Å². The molecule has 0 heterocycles. The van der Waals surface area contributed by atoms with E-state index in [1.54, 1.807) is 0 Å². The van der Waals surface area contributed by atoms with Crippen molar-refractivity contribution in [2.75, 3.05) is 26.3 Å². The van der Waals surface area contributed by atoms with Gasteiger partial charge in [0, 0.05) is 48.7 Å². The van der Waals surface area contributed by atoms with E-state index in [4.69, 9.17) is 10.2 Å². The number of carbonyl (C=O) groups is 4. The summed E-state index contributed by atoms with van der Waals surface area (Å²) in [5.41, 5.74) is -1.91. The fraction of sp³-hybridized carbons (Fsp3) is 0.778. The molecule has 0 radical (unpaired) electrons. The molecule has 0 aromatic carbocycles. The molecule has 13 heteroatoms. The zero-order valence-electron chi connectivity index (χ0n) is 18.3. The molecule has 0 saturated carbocycles. The number of carboxylic acids is 2. The molecule has 0 spiro atoms. The fourth-order valence-electron chi connectivity index (χ4n) is 1.65. The molecule has 0 aliphatic rings. The molecule has 0 saturated heterocycles. The summed E-state index contributed by atoms with van der Waals surface area (Å²) in [5, 5.41) is 61.3. The molecule has 0 unspecified atom stereocenters. The van der Waals surface area contributed by atoms with Gasteiger partial charge in [0.1, 0.15) is 12.2 Å². The van der Waals surface area contributed by atoms with Crippen LogP contribution in [-0.2, 0) is 19.2 Å². The van der Waals surface area contributed by atoms with E-state index in [0.717, 1.165) is 0 Å². The Morgan fingerprint density at radius 2 is 1.00 bits per heavy atom. The zero-order chi connectivity index (χ0) is 24.1. The first-order chi connectivity index (χ1) is 13.6. The monoisotopic (exact) mass is 476 g/mol. The zero-order valence-corrected chi connectivity index (χ0v) is 20.6. The molecule has 0 aliphatic heterocycles. The summed E-state index contributed by atoms with van der Waals surface area (Å²) in [5.74, 6) is -3.94. The van der Waals surface area contributed by atoms with Crippen LogP contribution in [0.1, 0.15) is 40.5 Å². The van der Waals surface area contributed by atoms with Crippen molar-refractivity contribution in [1.82, 2.24) is 10.6 Å². The molecule has 0 aromatic heterocycles. The van der Waals surface area contributed by atoms with Crippen LogP contribution >= 0.6 is 0 Å². The van der Waals surface area contributed by atoms with E-state index in [2.05, 4.69) is 10.6 Å². The van der Waals surface area contributed by atoms with Crippen molar-refractivity contribution in [2.45, 2.75) is 52.7 Å². The van der Waals surface area contributed by atoms with E-state index in [9.17, 15) is 39.6 Å². The second-order valence-electron chi connectivity index (χ2n) is 7.92. The van der Waals surface area contributed by atoms with Gasteiger partial charge in [0.05, 0.1) is 13.2 Å². The van der Waals surface area contributed by atoms with Gasteiger partial charge in [0.2, 0.25) is 11.8 Å². The Bertz CT molecular complexity index is 534. The van der Waals surface area contributed by atoms with E-state index < -0.39 is 46.8 Å². The number of carbonyl (C=O) groups excluding carboxylic acids is 4. The van der Waals surface area contributed by atoms with Crippen molar-refractivity contribution in [3.05, 3.63) is 0 Å². The number of hydrogen-bond donors (Lipinski definition) is 6. The minimum Gasteiger partial charge on any atom is -0.550 e. The maximum atomic E-state index is 11.2. The number of rotatable bonds is 12. The second-order valence-corrected chi connectivity index (χ2v) is 7.92. The van der Waals surface area contributed by atoms with Gasteiger partial charge in [-0.25, -0.2) is 0 Å². The number of aliphatic carboxylic acids is 2. The third-order valence-electron chi connectivity index (χ3n) is 4.05. The molecule has 0 rings (SSSR count). The van der Waals surface area contributed by atoms with Crippen molar-refractivity contribution in [1.29, 1.82) is 0 Å². The van der Waals surface area contributed by atoms with Gasteiger partial charge < -0.3 is 50.9 Å². The van der Waals surface area contributed by atoms with Crippen molar-refractivity contribution < 1.29 is 49.8 Å². The minimum atomic E-state index is -1.37. The summed E-state index contributed by atoms with van der Waals surface area (Å²) < 4.78 is 0. The van der Waals surface area contributed by atoms with E-state index >= 15 is 0 Å². The van der Waals surface area contributed by atoms with Gasteiger partial charge in [-0.1, -0.05) is 27.7 Å². The number of aliphatic hydroxyl groups is 4. The molecule has 31 heavy (non-hydrogen) atoms. The first kappa shape index (κ1) is 34.6. The normalized spacial score (nSPS) is 12.9. The molecule has 176 valence electrons. The molecule has 2 amide bonds. The molecule has 0 aromatic rings. The van der Waals surface area contributed by atoms with Crippen molar-refractivity contribution in [3.8, 4) is 0 Å². The van der Waals surface area contributed by atoms with Crippen LogP contribution in [0.2, 0.25) is 0 Å². The van der Waals surface area contributed by atoms with Crippen LogP contribution in [0.15, 0.2) is 0 Å². The largest absolute Gasteiger partial charge is 2.00 e. The van der Waals surface area contributed by atoms with Gasteiger partial charge in [-0.3, -0.25) is 9.59 Å². The third kappa shape index (κ3) is 15.4. The average molecular weight is 477 g/mol. The molecule has 12 nitrogen and oxygen atoms in total. The Kier molecular flexibility index (Phi) is 18.5. The van der Waals surface area contributed by atoms with E-state index in [1.165, 1.54) is 27.7 Å². The predicted octanol–water partition coefficient (Wildman–Crippen LogP) is -5.14. The summed E-state index contributed by atoms with van der Waals surface area (Å²) in [7, 11) is 0. The number of amides is 2. The van der Waals surface area contributed by atoms with Crippen LogP contribution in [0.4, 0.5) is 0 Å². The Morgan fingerprint density at radius 1 is 0.742 bits per heavy atom. The van der Waals surface area contributed by atoms with E-state index in [-0.39, 0.29) is 76.9 Å². The topological polar surface area (TPSA) is 219 Å². The first-order valence-electron chi connectivity index (χ1n) is 9.15. The van der Waals surface area contributed by atoms with Crippen molar-refractivity contribution >= 4 is 61.5 Å². The van der Waals surface area contributed by atoms with Crippen LogP contribution in [0.3, 0.4) is 0 Å². The number of hydrogen-bond acceptors (Lipinski definition) is 10. The molecule has 0 bridgehead atoms. The molecule has 0 fully saturated rings. The van der Waals surface area contributed by atoms with Crippen LogP contribution in [-0.4, -0.2) is 120 Å².